The number of aromatic nitrogens is 2. The fraction of sp³-hybridized carbons (Fsp3) is 0.750. The van der Waals surface area contributed by atoms with E-state index in [0.717, 1.165) is 19.6 Å². The number of hydrogen-bond acceptors (Lipinski definition) is 6. The van der Waals surface area contributed by atoms with Gasteiger partial charge in [-0.2, -0.15) is 5.10 Å². The second-order valence-corrected chi connectivity index (χ2v) is 5.41. The minimum absolute atomic E-state index is 0.0563. The summed E-state index contributed by atoms with van der Waals surface area (Å²) in [6.07, 6.45) is 3.10. The molecule has 2 heterocycles. The fourth-order valence-electron chi connectivity index (χ4n) is 2.47. The monoisotopic (exact) mass is 283 g/mol. The Kier molecular flexibility index (Phi) is 5.05. The van der Waals surface area contributed by atoms with E-state index in [1.165, 1.54) is 23.5 Å². The summed E-state index contributed by atoms with van der Waals surface area (Å²) in [7, 11) is 2.11. The van der Waals surface area contributed by atoms with Gasteiger partial charge in [-0.15, -0.1) is 0 Å². The molecular formula is C12H21N5O3. The van der Waals surface area contributed by atoms with Gasteiger partial charge >= 0.3 is 5.69 Å². The first-order valence-electron chi connectivity index (χ1n) is 6.78. The molecule has 2 unspecified atom stereocenters. The maximum Gasteiger partial charge on any atom is 0.306 e. The summed E-state index contributed by atoms with van der Waals surface area (Å²) in [6.45, 7) is 3.83. The van der Waals surface area contributed by atoms with Crippen LogP contribution in [0.5, 0.6) is 0 Å². The zero-order valence-electron chi connectivity index (χ0n) is 11.6. The van der Waals surface area contributed by atoms with E-state index in [-0.39, 0.29) is 12.2 Å². The molecule has 0 amide bonds. The van der Waals surface area contributed by atoms with Gasteiger partial charge in [0.25, 0.3) is 0 Å². The van der Waals surface area contributed by atoms with Gasteiger partial charge in [0.15, 0.2) is 0 Å². The Balaban J connectivity index is 1.67. The molecule has 1 aromatic rings. The normalized spacial score (nSPS) is 21.2. The second kappa shape index (κ2) is 6.78. The molecule has 1 aliphatic rings. The summed E-state index contributed by atoms with van der Waals surface area (Å²) in [6, 6.07) is 0. The SMILES string of the molecule is CN1CCC(CNCC(O)Cn2cc([N+](=O)[O-])cn2)C1. The molecule has 0 saturated carbocycles. The zero-order chi connectivity index (χ0) is 14.5. The molecule has 0 spiro atoms. The lowest BCUT2D eigenvalue weighted by Gasteiger charge is -2.14. The molecule has 8 nitrogen and oxygen atoms in total. The van der Waals surface area contributed by atoms with Gasteiger partial charge in [0.05, 0.1) is 17.6 Å². The predicted molar refractivity (Wildman–Crippen MR) is 73.4 cm³/mol. The smallest absolute Gasteiger partial charge is 0.306 e. The Morgan fingerprint density at radius 2 is 2.50 bits per heavy atom. The van der Waals surface area contributed by atoms with Crippen LogP contribution in [-0.4, -0.2) is 64.0 Å². The number of aliphatic hydroxyl groups is 1. The van der Waals surface area contributed by atoms with Gasteiger partial charge in [0, 0.05) is 13.1 Å². The van der Waals surface area contributed by atoms with Crippen molar-refractivity contribution in [3.05, 3.63) is 22.5 Å². The topological polar surface area (TPSA) is 96.5 Å². The Morgan fingerprint density at radius 1 is 1.70 bits per heavy atom. The quantitative estimate of drug-likeness (QED) is 0.526. The van der Waals surface area contributed by atoms with E-state index < -0.39 is 11.0 Å². The average molecular weight is 283 g/mol. The molecule has 0 bridgehead atoms. The maximum atomic E-state index is 10.5. The van der Waals surface area contributed by atoms with Crippen molar-refractivity contribution >= 4 is 5.69 Å². The molecule has 1 saturated heterocycles. The van der Waals surface area contributed by atoms with E-state index in [9.17, 15) is 15.2 Å². The summed E-state index contributed by atoms with van der Waals surface area (Å²) >= 11 is 0. The highest BCUT2D eigenvalue weighted by Gasteiger charge is 2.19. The average Bonchev–Trinajstić information content (AvgIpc) is 2.99. The minimum Gasteiger partial charge on any atom is -0.390 e. The van der Waals surface area contributed by atoms with Gasteiger partial charge in [0.2, 0.25) is 0 Å². The third-order valence-corrected chi connectivity index (χ3v) is 3.53. The molecule has 112 valence electrons. The first kappa shape index (κ1) is 14.9. The summed E-state index contributed by atoms with van der Waals surface area (Å²) in [5, 5.41) is 27.5. The van der Waals surface area contributed by atoms with Gasteiger partial charge < -0.3 is 15.3 Å². The van der Waals surface area contributed by atoms with Crippen LogP contribution in [0, 0.1) is 16.0 Å². The van der Waals surface area contributed by atoms with E-state index in [1.54, 1.807) is 0 Å². The minimum atomic E-state index is -0.603. The molecule has 8 heteroatoms. The van der Waals surface area contributed by atoms with Gasteiger partial charge in [0.1, 0.15) is 12.4 Å². The van der Waals surface area contributed by atoms with Gasteiger partial charge in [-0.3, -0.25) is 14.8 Å². The van der Waals surface area contributed by atoms with Gasteiger partial charge in [-0.25, -0.2) is 0 Å². The number of rotatable bonds is 7. The Hall–Kier alpha value is -1.51. The summed E-state index contributed by atoms with van der Waals surface area (Å²) in [5.74, 6) is 0.637. The van der Waals surface area contributed by atoms with Crippen LogP contribution in [0.2, 0.25) is 0 Å². The zero-order valence-corrected chi connectivity index (χ0v) is 11.6. The maximum absolute atomic E-state index is 10.5. The Bertz CT molecular complexity index is 450. The van der Waals surface area contributed by atoms with Crippen molar-refractivity contribution in [3.8, 4) is 0 Å². The fourth-order valence-corrected chi connectivity index (χ4v) is 2.47. The van der Waals surface area contributed by atoms with Crippen molar-refractivity contribution in [1.82, 2.24) is 20.0 Å². The van der Waals surface area contributed by atoms with Crippen molar-refractivity contribution in [3.63, 3.8) is 0 Å². The lowest BCUT2D eigenvalue weighted by Crippen LogP contribution is -2.34. The molecule has 2 atom stereocenters. The number of nitro groups is 1. The molecule has 2 rings (SSSR count). The van der Waals surface area contributed by atoms with E-state index in [4.69, 9.17) is 0 Å². The summed E-state index contributed by atoms with van der Waals surface area (Å²) in [4.78, 5) is 12.3. The molecular weight excluding hydrogens is 262 g/mol. The second-order valence-electron chi connectivity index (χ2n) is 5.41. The standard InChI is InChI=1S/C12H21N5O3/c1-15-3-2-10(7-15)4-13-6-12(18)9-16-8-11(5-14-16)17(19)20/h5,8,10,12-13,18H,2-4,6-7,9H2,1H3. The Morgan fingerprint density at radius 3 is 3.10 bits per heavy atom. The number of aliphatic hydroxyl groups excluding tert-OH is 1. The molecule has 1 aromatic heterocycles. The van der Waals surface area contributed by atoms with E-state index >= 15 is 0 Å². The molecule has 2 N–H and O–H groups in total. The largest absolute Gasteiger partial charge is 0.390 e. The van der Waals surface area contributed by atoms with Crippen molar-refractivity contribution in [1.29, 1.82) is 0 Å². The lowest BCUT2D eigenvalue weighted by atomic mass is 10.1. The first-order chi connectivity index (χ1) is 9.54. The summed E-state index contributed by atoms with van der Waals surface area (Å²) < 4.78 is 1.40. The van der Waals surface area contributed by atoms with Crippen LogP contribution in [0.3, 0.4) is 0 Å². The highest BCUT2D eigenvalue weighted by atomic mass is 16.6. The number of nitrogens with zero attached hydrogens (tertiary/aromatic N) is 4. The third kappa shape index (κ3) is 4.26. The first-order valence-corrected chi connectivity index (χ1v) is 6.78. The molecule has 20 heavy (non-hydrogen) atoms. The van der Waals surface area contributed by atoms with Crippen LogP contribution >= 0.6 is 0 Å². The lowest BCUT2D eigenvalue weighted by molar-refractivity contribution is -0.385. The molecule has 0 aliphatic carbocycles. The van der Waals surface area contributed by atoms with Gasteiger partial charge in [-0.1, -0.05) is 0 Å². The molecule has 1 fully saturated rings. The van der Waals surface area contributed by atoms with Gasteiger partial charge in [-0.05, 0) is 32.5 Å². The van der Waals surface area contributed by atoms with E-state index in [1.807, 2.05) is 0 Å². The molecule has 0 radical (unpaired) electrons. The highest BCUT2D eigenvalue weighted by molar-refractivity contribution is 5.20. The van der Waals surface area contributed by atoms with Crippen molar-refractivity contribution in [2.45, 2.75) is 19.1 Å². The number of likely N-dealkylation sites (tertiary alicyclic amines) is 1. The van der Waals surface area contributed by atoms with E-state index in [2.05, 4.69) is 22.4 Å². The van der Waals surface area contributed by atoms with Crippen LogP contribution in [-0.2, 0) is 6.54 Å². The van der Waals surface area contributed by atoms with Crippen LogP contribution in [0.4, 0.5) is 5.69 Å². The molecule has 0 aromatic carbocycles. The van der Waals surface area contributed by atoms with Crippen molar-refractivity contribution in [2.24, 2.45) is 5.92 Å². The van der Waals surface area contributed by atoms with Crippen molar-refractivity contribution < 1.29 is 10.0 Å². The molecule has 1 aliphatic heterocycles. The van der Waals surface area contributed by atoms with E-state index in [0.29, 0.717) is 12.5 Å². The highest BCUT2D eigenvalue weighted by Crippen LogP contribution is 2.12. The van der Waals surface area contributed by atoms with Crippen LogP contribution in [0.15, 0.2) is 12.4 Å². The van der Waals surface area contributed by atoms with Crippen molar-refractivity contribution in [2.75, 3.05) is 33.2 Å². The predicted octanol–water partition coefficient (Wildman–Crippen LogP) is -0.306. The van der Waals surface area contributed by atoms with Crippen LogP contribution in [0.1, 0.15) is 6.42 Å². The Labute approximate surface area is 117 Å². The van der Waals surface area contributed by atoms with Crippen LogP contribution < -0.4 is 5.32 Å². The van der Waals surface area contributed by atoms with Crippen LogP contribution in [0.25, 0.3) is 0 Å². The summed E-state index contributed by atoms with van der Waals surface area (Å²) in [5.41, 5.74) is -0.0563. The number of hydrogen-bond donors (Lipinski definition) is 2. The number of nitrogens with one attached hydrogen (secondary N) is 1. The third-order valence-electron chi connectivity index (χ3n) is 3.53.